The Balaban J connectivity index is 1.32. The van der Waals surface area contributed by atoms with Gasteiger partial charge in [0.1, 0.15) is 5.60 Å². The lowest BCUT2D eigenvalue weighted by atomic mass is 9.51. The van der Waals surface area contributed by atoms with Gasteiger partial charge in [0.25, 0.3) is 0 Å². The first-order chi connectivity index (χ1) is 25.5. The molecule has 2 heterocycles. The maximum absolute atomic E-state index is 15.8. The molecule has 6 heteroatoms. The summed E-state index contributed by atoms with van der Waals surface area (Å²) in [5.41, 5.74) is 2.31. The first-order valence-corrected chi connectivity index (χ1v) is 22.2. The first kappa shape index (κ1) is 35.3. The van der Waals surface area contributed by atoms with Crippen molar-refractivity contribution >= 4 is 20.0 Å². The molecule has 5 aromatic carbocycles. The molecule has 0 aromatic heterocycles. The molecule has 270 valence electrons. The Bertz CT molecular complexity index is 1990. The lowest BCUT2D eigenvalue weighted by molar-refractivity contribution is -0.201. The van der Waals surface area contributed by atoms with Gasteiger partial charge in [0.2, 0.25) is 5.91 Å². The van der Waals surface area contributed by atoms with Crippen molar-refractivity contribution in [3.05, 3.63) is 179 Å². The molecule has 2 aliphatic heterocycles. The van der Waals surface area contributed by atoms with Crippen molar-refractivity contribution in [3.63, 3.8) is 0 Å². The minimum Gasteiger partial charge on any atom is -0.459 e. The molecule has 0 radical (unpaired) electrons. The number of rotatable bonds is 9. The molecular formula is C47H49NO4Si. The van der Waals surface area contributed by atoms with E-state index in [1.54, 1.807) is 0 Å². The molecule has 5 atom stereocenters. The number of esters is 1. The van der Waals surface area contributed by atoms with E-state index in [-0.39, 0.29) is 17.9 Å². The van der Waals surface area contributed by atoms with Gasteiger partial charge in [-0.1, -0.05) is 171 Å². The van der Waals surface area contributed by atoms with Gasteiger partial charge >= 0.3 is 5.97 Å². The Morgan fingerprint density at radius 3 is 1.66 bits per heavy atom. The van der Waals surface area contributed by atoms with Crippen LogP contribution in [-0.4, -0.2) is 37.1 Å². The van der Waals surface area contributed by atoms with Crippen LogP contribution < -0.4 is 0 Å². The minimum atomic E-state index is -2.62. The molecule has 1 saturated carbocycles. The van der Waals surface area contributed by atoms with Gasteiger partial charge in [0, 0.05) is 16.5 Å². The Morgan fingerprint density at radius 2 is 1.19 bits per heavy atom. The van der Waals surface area contributed by atoms with Crippen LogP contribution in [0.3, 0.4) is 0 Å². The predicted molar refractivity (Wildman–Crippen MR) is 211 cm³/mol. The highest BCUT2D eigenvalue weighted by Crippen LogP contribution is 2.72. The first-order valence-electron chi connectivity index (χ1n) is 19.0. The van der Waals surface area contributed by atoms with Crippen molar-refractivity contribution in [1.29, 1.82) is 0 Å². The van der Waals surface area contributed by atoms with Gasteiger partial charge in [-0.2, -0.15) is 0 Å². The topological polar surface area (TPSA) is 55.8 Å². The molecule has 2 saturated heterocycles. The summed E-state index contributed by atoms with van der Waals surface area (Å²) in [4.78, 5) is 32.9. The molecule has 3 fully saturated rings. The van der Waals surface area contributed by atoms with Gasteiger partial charge in [0.15, 0.2) is 11.1 Å². The predicted octanol–water partition coefficient (Wildman–Crippen LogP) is 9.70. The zero-order valence-corrected chi connectivity index (χ0v) is 32.4. The third-order valence-corrected chi connectivity index (χ3v) is 16.8. The van der Waals surface area contributed by atoms with Gasteiger partial charge in [-0.3, -0.25) is 14.5 Å². The van der Waals surface area contributed by atoms with Crippen LogP contribution in [0.25, 0.3) is 0 Å². The van der Waals surface area contributed by atoms with Crippen LogP contribution in [0.15, 0.2) is 152 Å². The standard InChI is InChI=1S/C47H49NO4Si/c1-44(2,3)52-43(50)45-39(31-41(45)47(38-29-19-10-20-30-38)48(42(45)49)40(32-51-47)34-21-11-6-12-22-34)33-53(4,5)46(35-23-13-7-14-24-35,36-25-15-8-16-26-36)37-27-17-9-18-28-37/h6-30,39-41H,31-33H2,1-5H3/t39-,40+,41+,45+,47+/m0/s1. The molecule has 5 nitrogen and oxygen atoms in total. The van der Waals surface area contributed by atoms with E-state index in [4.69, 9.17) is 9.47 Å². The maximum atomic E-state index is 15.8. The van der Waals surface area contributed by atoms with E-state index >= 15 is 9.59 Å². The summed E-state index contributed by atoms with van der Waals surface area (Å²) >= 11 is 0. The quantitative estimate of drug-likeness (QED) is 0.0659. The van der Waals surface area contributed by atoms with E-state index in [0.29, 0.717) is 13.0 Å². The van der Waals surface area contributed by atoms with Crippen LogP contribution >= 0.6 is 0 Å². The molecule has 53 heavy (non-hydrogen) atoms. The van der Waals surface area contributed by atoms with Crippen LogP contribution in [0.4, 0.5) is 0 Å². The molecular weight excluding hydrogens is 671 g/mol. The molecule has 3 aliphatic rings. The van der Waals surface area contributed by atoms with Crippen LogP contribution in [0.1, 0.15) is 61.1 Å². The highest BCUT2D eigenvalue weighted by Gasteiger charge is 2.83. The summed E-state index contributed by atoms with van der Waals surface area (Å²) in [5, 5.41) is -0.477. The molecule has 1 amide bonds. The van der Waals surface area contributed by atoms with E-state index in [1.165, 1.54) is 16.7 Å². The van der Waals surface area contributed by atoms with Crippen LogP contribution in [-0.2, 0) is 29.8 Å². The van der Waals surface area contributed by atoms with Gasteiger partial charge < -0.3 is 9.47 Å². The van der Waals surface area contributed by atoms with Crippen molar-refractivity contribution in [2.24, 2.45) is 17.3 Å². The summed E-state index contributed by atoms with van der Waals surface area (Å²) in [5.74, 6) is -1.26. The van der Waals surface area contributed by atoms with E-state index in [1.807, 2.05) is 62.1 Å². The van der Waals surface area contributed by atoms with Gasteiger partial charge in [-0.25, -0.2) is 0 Å². The van der Waals surface area contributed by atoms with Gasteiger partial charge in [-0.05, 0) is 55.4 Å². The van der Waals surface area contributed by atoms with Gasteiger partial charge in [0.05, 0.1) is 20.7 Å². The second kappa shape index (κ2) is 13.0. The number of fused-ring (bicyclic) bond motifs is 3. The highest BCUT2D eigenvalue weighted by atomic mass is 28.3. The zero-order valence-electron chi connectivity index (χ0n) is 31.4. The Morgan fingerprint density at radius 1 is 0.736 bits per heavy atom. The van der Waals surface area contributed by atoms with Crippen LogP contribution in [0.5, 0.6) is 0 Å². The number of nitrogens with zero attached hydrogens (tertiary/aromatic N) is 1. The molecule has 1 aliphatic carbocycles. The summed E-state index contributed by atoms with van der Waals surface area (Å²) < 4.78 is 13.4. The normalized spacial score (nSPS) is 25.3. The number of ether oxygens (including phenoxy) is 2. The molecule has 0 N–H and O–H groups in total. The Kier molecular flexibility index (Phi) is 8.62. The molecule has 0 bridgehead atoms. The fraction of sp³-hybridized carbons (Fsp3) is 0.319. The number of hydrogen-bond donors (Lipinski definition) is 0. The average Bonchev–Trinajstić information content (AvgIpc) is 3.63. The second-order valence-corrected chi connectivity index (χ2v) is 21.7. The van der Waals surface area contributed by atoms with Crippen molar-refractivity contribution in [2.75, 3.05) is 6.61 Å². The monoisotopic (exact) mass is 719 g/mol. The van der Waals surface area contributed by atoms with E-state index < -0.39 is 41.7 Å². The molecule has 8 rings (SSSR count). The van der Waals surface area contributed by atoms with E-state index in [2.05, 4.69) is 128 Å². The Labute approximate surface area is 315 Å². The van der Waals surface area contributed by atoms with E-state index in [9.17, 15) is 0 Å². The molecule has 0 unspecified atom stereocenters. The minimum absolute atomic E-state index is 0.169. The lowest BCUT2D eigenvalue weighted by Crippen LogP contribution is -2.64. The van der Waals surface area contributed by atoms with Crippen LogP contribution in [0, 0.1) is 17.3 Å². The summed E-state index contributed by atoms with van der Waals surface area (Å²) in [6.07, 6.45) is 0.669. The second-order valence-electron chi connectivity index (χ2n) is 16.8. The maximum Gasteiger partial charge on any atom is 0.322 e. The van der Waals surface area contributed by atoms with Crippen molar-refractivity contribution in [2.45, 2.75) is 68.7 Å². The average molecular weight is 720 g/mol. The number of benzene rings is 5. The van der Waals surface area contributed by atoms with Crippen molar-refractivity contribution in [1.82, 2.24) is 4.90 Å². The van der Waals surface area contributed by atoms with E-state index in [0.717, 1.165) is 17.2 Å². The highest BCUT2D eigenvalue weighted by molar-refractivity contribution is 6.82. The number of hydrogen-bond acceptors (Lipinski definition) is 4. The SMILES string of the molecule is CC(C)(C)OC(=O)[C@@]12C(=O)N3[C@@H](c4ccccc4)CO[C@]3(c3ccccc3)[C@@H]1C[C@H]2C[Si](C)(C)C(c1ccccc1)(c1ccccc1)c1ccccc1. The summed E-state index contributed by atoms with van der Waals surface area (Å²) in [7, 11) is -2.62. The fourth-order valence-corrected chi connectivity index (χ4v) is 15.3. The van der Waals surface area contributed by atoms with Crippen molar-refractivity contribution in [3.8, 4) is 0 Å². The summed E-state index contributed by atoms with van der Waals surface area (Å²) in [6, 6.07) is 53.1. The number of carbonyl (C=O) groups excluding carboxylic acids is 2. The smallest absolute Gasteiger partial charge is 0.322 e. The third kappa shape index (κ3) is 5.20. The zero-order chi connectivity index (χ0) is 37.1. The van der Waals surface area contributed by atoms with Gasteiger partial charge in [-0.15, -0.1) is 0 Å². The number of amides is 1. The molecule has 0 spiro atoms. The lowest BCUT2D eigenvalue weighted by Gasteiger charge is -2.56. The summed E-state index contributed by atoms with van der Waals surface area (Å²) in [6.45, 7) is 10.9. The van der Waals surface area contributed by atoms with Crippen LogP contribution in [0.2, 0.25) is 19.1 Å². The fourth-order valence-electron chi connectivity index (χ4n) is 10.4. The number of carbonyl (C=O) groups is 2. The Hall–Kier alpha value is -4.78. The molecule has 5 aromatic rings. The largest absolute Gasteiger partial charge is 0.459 e. The van der Waals surface area contributed by atoms with Crippen molar-refractivity contribution < 1.29 is 19.1 Å². The third-order valence-electron chi connectivity index (χ3n) is 12.4.